The Kier molecular flexibility index (Phi) is 34.1. The SMILES string of the molecule is C=Cc1ccccc1.C=Cc1ccccc1.C=Cc1ccccc1.O=P([O-])([O-])[O-].O=P([O-])([O-])[O-].[Fe+2].[Fe+2].[Fe+2]. The second kappa shape index (κ2) is 27.7. The van der Waals surface area contributed by atoms with Crippen LogP contribution in [0, 0.1) is 0 Å². The van der Waals surface area contributed by atoms with E-state index in [4.69, 9.17) is 38.5 Å². The molecule has 0 fully saturated rings. The molecule has 0 atom stereocenters. The van der Waals surface area contributed by atoms with Crippen LogP contribution in [-0.4, -0.2) is 0 Å². The van der Waals surface area contributed by atoms with Gasteiger partial charge in [0.15, 0.2) is 0 Å². The van der Waals surface area contributed by atoms with E-state index < -0.39 is 15.6 Å². The molecule has 0 N–H and O–H groups in total. The third-order valence-corrected chi connectivity index (χ3v) is 3.11. The molecule has 37 heavy (non-hydrogen) atoms. The van der Waals surface area contributed by atoms with Crippen molar-refractivity contribution in [3.05, 3.63) is 127 Å². The molecule has 0 radical (unpaired) electrons. The molecule has 0 aliphatic rings. The molecule has 13 heteroatoms. The number of hydrogen-bond donors (Lipinski definition) is 0. The molecule has 0 unspecified atom stereocenters. The fourth-order valence-electron chi connectivity index (χ4n) is 1.77. The minimum atomic E-state index is -5.39. The summed E-state index contributed by atoms with van der Waals surface area (Å²) in [5.41, 5.74) is 3.52. The van der Waals surface area contributed by atoms with E-state index in [9.17, 15) is 0 Å². The fraction of sp³-hybridized carbons (Fsp3) is 0. The van der Waals surface area contributed by atoms with Crippen molar-refractivity contribution in [1.29, 1.82) is 0 Å². The molecule has 0 aliphatic carbocycles. The van der Waals surface area contributed by atoms with E-state index in [0.717, 1.165) is 0 Å². The van der Waals surface area contributed by atoms with Crippen molar-refractivity contribution in [2.24, 2.45) is 0 Å². The van der Waals surface area contributed by atoms with Crippen LogP contribution in [0.5, 0.6) is 0 Å². The second-order valence-electron chi connectivity index (χ2n) is 5.74. The van der Waals surface area contributed by atoms with Crippen molar-refractivity contribution in [1.82, 2.24) is 0 Å². The van der Waals surface area contributed by atoms with Gasteiger partial charge in [0.1, 0.15) is 0 Å². The Morgan fingerprint density at radius 2 is 0.568 bits per heavy atom. The van der Waals surface area contributed by atoms with Crippen LogP contribution in [0.25, 0.3) is 18.2 Å². The summed E-state index contributed by atoms with van der Waals surface area (Å²) in [6.07, 6.45) is 5.50. The van der Waals surface area contributed by atoms with E-state index >= 15 is 0 Å². The maximum Gasteiger partial charge on any atom is 2.00 e. The average Bonchev–Trinajstić information content (AvgIpc) is 2.79. The van der Waals surface area contributed by atoms with Crippen molar-refractivity contribution in [3.63, 3.8) is 0 Å². The number of hydrogen-bond acceptors (Lipinski definition) is 8. The molecule has 8 nitrogen and oxygen atoms in total. The maximum absolute atomic E-state index is 8.55. The summed E-state index contributed by atoms with van der Waals surface area (Å²) in [7, 11) is -10.8. The minimum Gasteiger partial charge on any atom is -0.822 e. The van der Waals surface area contributed by atoms with Gasteiger partial charge in [0.25, 0.3) is 0 Å². The van der Waals surface area contributed by atoms with E-state index in [-0.39, 0.29) is 51.2 Å². The van der Waals surface area contributed by atoms with E-state index in [1.165, 1.54) is 16.7 Å². The smallest absolute Gasteiger partial charge is 0.822 e. The van der Waals surface area contributed by atoms with Crippen molar-refractivity contribution < 1.29 is 89.7 Å². The van der Waals surface area contributed by atoms with Gasteiger partial charge >= 0.3 is 51.2 Å². The van der Waals surface area contributed by atoms with Gasteiger partial charge in [-0.2, -0.15) is 15.6 Å². The zero-order chi connectivity index (χ0) is 26.5. The standard InChI is InChI=1S/3C8H8.3Fe.2H3O4P/c3*1-2-8-6-4-3-5-7-8;;;;2*1-5(2,3)4/h3*2-7H,1H2;;;;2*(H3,1,2,3,4)/q;;;3*+2;;/p-6. The molecule has 3 aromatic rings. The Morgan fingerprint density at radius 3 is 0.649 bits per heavy atom. The van der Waals surface area contributed by atoms with Crippen LogP contribution in [0.1, 0.15) is 16.7 Å². The summed E-state index contributed by atoms with van der Waals surface area (Å²) >= 11 is 0. The second-order valence-corrected chi connectivity index (χ2v) is 7.53. The van der Waals surface area contributed by atoms with E-state index in [1.807, 2.05) is 109 Å². The van der Waals surface area contributed by atoms with Crippen LogP contribution >= 0.6 is 15.6 Å². The van der Waals surface area contributed by atoms with Crippen LogP contribution in [0.2, 0.25) is 0 Å². The number of benzene rings is 3. The summed E-state index contributed by atoms with van der Waals surface area (Å²) < 4.78 is 17.1. The molecule has 0 bridgehead atoms. The van der Waals surface area contributed by atoms with Crippen LogP contribution in [0.15, 0.2) is 111 Å². The summed E-state index contributed by atoms with van der Waals surface area (Å²) in [5, 5.41) is 0. The van der Waals surface area contributed by atoms with Gasteiger partial charge in [-0.15, -0.1) is 0 Å². The molecular formula is C24H24Fe3O8P2. The normalized spacial score (nSPS) is 8.70. The minimum absolute atomic E-state index is 0. The molecule has 3 aromatic carbocycles. The van der Waals surface area contributed by atoms with Gasteiger partial charge in [-0.1, -0.05) is 129 Å². The number of phosphoric acid groups is 2. The first kappa shape index (κ1) is 45.6. The Balaban J connectivity index is -0.000000115. The third-order valence-electron chi connectivity index (χ3n) is 3.11. The first-order valence-corrected chi connectivity index (χ1v) is 12.2. The van der Waals surface area contributed by atoms with Gasteiger partial charge in [-0.25, -0.2) is 0 Å². The molecule has 0 saturated carbocycles. The Labute approximate surface area is 249 Å². The van der Waals surface area contributed by atoms with Crippen LogP contribution in [-0.2, 0) is 60.3 Å². The van der Waals surface area contributed by atoms with E-state index in [2.05, 4.69) is 19.7 Å². The molecule has 0 amide bonds. The predicted octanol–water partition coefficient (Wildman–Crippen LogP) is 1.33. The molecular weight excluding hydrogens is 646 g/mol. The van der Waals surface area contributed by atoms with Gasteiger partial charge in [0.2, 0.25) is 0 Å². The van der Waals surface area contributed by atoms with Gasteiger partial charge in [0, 0.05) is 0 Å². The third kappa shape index (κ3) is 45.0. The fourth-order valence-corrected chi connectivity index (χ4v) is 1.77. The molecule has 3 rings (SSSR count). The first-order chi connectivity index (χ1) is 15.8. The Hall–Kier alpha value is -1.34. The summed E-state index contributed by atoms with van der Waals surface area (Å²) in [6.45, 7) is 10.9. The monoisotopic (exact) mass is 670 g/mol. The topological polar surface area (TPSA) is 172 Å². The van der Waals surface area contributed by atoms with Crippen molar-refractivity contribution in [3.8, 4) is 0 Å². The predicted molar refractivity (Wildman–Crippen MR) is 125 cm³/mol. The summed E-state index contributed by atoms with van der Waals surface area (Å²) in [5.74, 6) is 0. The van der Waals surface area contributed by atoms with Gasteiger partial charge in [-0.05, 0) is 16.7 Å². The summed E-state index contributed by atoms with van der Waals surface area (Å²) in [4.78, 5) is 51.3. The van der Waals surface area contributed by atoms with Crippen molar-refractivity contribution >= 4 is 33.9 Å². The molecule has 0 heterocycles. The molecule has 202 valence electrons. The van der Waals surface area contributed by atoms with Gasteiger partial charge < -0.3 is 38.5 Å². The zero-order valence-corrected chi connectivity index (χ0v) is 24.3. The largest absolute Gasteiger partial charge is 2.00 e. The Bertz CT molecular complexity index is 890. The van der Waals surface area contributed by atoms with Crippen LogP contribution < -0.4 is 29.4 Å². The molecule has 0 spiro atoms. The Morgan fingerprint density at radius 1 is 0.432 bits per heavy atom. The van der Waals surface area contributed by atoms with Gasteiger partial charge in [0.05, 0.1) is 0 Å². The maximum atomic E-state index is 8.55. The van der Waals surface area contributed by atoms with Crippen molar-refractivity contribution in [2.75, 3.05) is 0 Å². The number of rotatable bonds is 3. The van der Waals surface area contributed by atoms with Gasteiger partial charge in [-0.3, -0.25) is 0 Å². The first-order valence-electron chi connectivity index (χ1n) is 9.28. The van der Waals surface area contributed by atoms with E-state index in [1.54, 1.807) is 0 Å². The summed E-state index contributed by atoms with van der Waals surface area (Å²) in [6, 6.07) is 30.1. The zero-order valence-electron chi connectivity index (χ0n) is 19.2. The molecule has 0 aromatic heterocycles. The van der Waals surface area contributed by atoms with Crippen LogP contribution in [0.4, 0.5) is 0 Å². The molecule has 0 aliphatic heterocycles. The van der Waals surface area contributed by atoms with E-state index in [0.29, 0.717) is 0 Å². The van der Waals surface area contributed by atoms with Crippen LogP contribution in [0.3, 0.4) is 0 Å². The van der Waals surface area contributed by atoms with Crippen molar-refractivity contribution in [2.45, 2.75) is 0 Å². The quantitative estimate of drug-likeness (QED) is 0.297. The molecule has 0 saturated heterocycles. The average molecular weight is 670 g/mol.